The van der Waals surface area contributed by atoms with Gasteiger partial charge in [-0.1, -0.05) is 0 Å². The number of allylic oxidation sites excluding steroid dienone is 2. The molecule has 0 amide bonds. The second-order valence-electron chi connectivity index (χ2n) is 5.50. The number of pyridine rings is 1. The van der Waals surface area contributed by atoms with Crippen molar-refractivity contribution in [1.29, 1.82) is 0 Å². The molecule has 2 rings (SSSR count). The van der Waals surface area contributed by atoms with Gasteiger partial charge in [0.15, 0.2) is 0 Å². The van der Waals surface area contributed by atoms with Gasteiger partial charge in [0.05, 0.1) is 17.8 Å². The van der Waals surface area contributed by atoms with E-state index in [0.29, 0.717) is 11.1 Å². The van der Waals surface area contributed by atoms with E-state index >= 15 is 0 Å². The Balaban J connectivity index is 2.61. The molecular formula is C16H19NO4. The van der Waals surface area contributed by atoms with Gasteiger partial charge in [0.1, 0.15) is 5.69 Å². The van der Waals surface area contributed by atoms with Gasteiger partial charge in [0.25, 0.3) is 5.78 Å². The van der Waals surface area contributed by atoms with Gasteiger partial charge in [-0.3, -0.25) is 14.6 Å². The lowest BCUT2D eigenvalue weighted by Gasteiger charge is -2.24. The zero-order valence-corrected chi connectivity index (χ0v) is 12.9. The molecule has 0 saturated carbocycles. The smallest absolute Gasteiger partial charge is 0.250 e. The molecule has 1 aliphatic carbocycles. The zero-order valence-electron chi connectivity index (χ0n) is 12.9. The maximum atomic E-state index is 12.7. The summed E-state index contributed by atoms with van der Waals surface area (Å²) in [4.78, 5) is 29.3. The Morgan fingerprint density at radius 2 is 1.48 bits per heavy atom. The van der Waals surface area contributed by atoms with Crippen molar-refractivity contribution in [3.8, 4) is 0 Å². The Bertz CT molecular complexity index is 629. The molecule has 1 aliphatic rings. The number of ether oxygens (including phenoxy) is 2. The normalized spacial score (nSPS) is 14.8. The Hall–Kier alpha value is -2.17. The summed E-state index contributed by atoms with van der Waals surface area (Å²) in [7, 11) is 0. The number of Topliss-reactive ketones (excluding diaryl/α,β-unsaturated/α-hetero) is 2. The SMILES string of the molecule is Cc1ccnc2c1C(=O)C(OC(C)C)=C(OC(C)C)C2=O. The Kier molecular flexibility index (Phi) is 4.11. The van der Waals surface area contributed by atoms with Crippen LogP contribution in [-0.4, -0.2) is 28.8 Å². The second kappa shape index (κ2) is 5.68. The first-order valence-electron chi connectivity index (χ1n) is 6.95. The summed E-state index contributed by atoms with van der Waals surface area (Å²) in [6.45, 7) is 8.94. The van der Waals surface area contributed by atoms with Gasteiger partial charge in [0, 0.05) is 6.20 Å². The summed E-state index contributed by atoms with van der Waals surface area (Å²) in [5.41, 5.74) is 1.13. The highest BCUT2D eigenvalue weighted by atomic mass is 16.5. The number of carbonyl (C=O) groups is 2. The fraction of sp³-hybridized carbons (Fsp3) is 0.438. The molecule has 0 saturated heterocycles. The fourth-order valence-electron chi connectivity index (χ4n) is 2.13. The maximum Gasteiger partial charge on any atom is 0.250 e. The van der Waals surface area contributed by atoms with E-state index < -0.39 is 5.78 Å². The van der Waals surface area contributed by atoms with Crippen molar-refractivity contribution < 1.29 is 19.1 Å². The summed E-state index contributed by atoms with van der Waals surface area (Å²) in [6, 6.07) is 1.70. The average molecular weight is 289 g/mol. The highest BCUT2D eigenvalue weighted by Gasteiger charge is 2.38. The van der Waals surface area contributed by atoms with Crippen LogP contribution in [0.2, 0.25) is 0 Å². The molecule has 1 aromatic rings. The summed E-state index contributed by atoms with van der Waals surface area (Å²) in [5.74, 6) is -0.821. The minimum Gasteiger partial charge on any atom is -0.483 e. The zero-order chi connectivity index (χ0) is 15.7. The van der Waals surface area contributed by atoms with E-state index in [-0.39, 0.29) is 35.2 Å². The predicted molar refractivity (Wildman–Crippen MR) is 77.1 cm³/mol. The number of carbonyl (C=O) groups excluding carboxylic acids is 2. The minimum absolute atomic E-state index is 0.0210. The molecule has 0 N–H and O–H groups in total. The molecule has 0 radical (unpaired) electrons. The number of ketones is 2. The Labute approximate surface area is 124 Å². The molecule has 112 valence electrons. The largest absolute Gasteiger partial charge is 0.483 e. The molecule has 5 heteroatoms. The van der Waals surface area contributed by atoms with Gasteiger partial charge in [0.2, 0.25) is 17.3 Å². The van der Waals surface area contributed by atoms with Gasteiger partial charge in [-0.05, 0) is 46.2 Å². The molecule has 0 spiro atoms. The van der Waals surface area contributed by atoms with Crippen LogP contribution >= 0.6 is 0 Å². The van der Waals surface area contributed by atoms with E-state index in [4.69, 9.17) is 9.47 Å². The lowest BCUT2D eigenvalue weighted by Crippen LogP contribution is -2.29. The molecule has 1 heterocycles. The highest BCUT2D eigenvalue weighted by molar-refractivity contribution is 6.25. The van der Waals surface area contributed by atoms with Crippen molar-refractivity contribution in [2.45, 2.75) is 46.8 Å². The molecule has 5 nitrogen and oxygen atoms in total. The molecule has 0 unspecified atom stereocenters. The van der Waals surface area contributed by atoms with Crippen LogP contribution < -0.4 is 0 Å². The van der Waals surface area contributed by atoms with Crippen molar-refractivity contribution in [3.05, 3.63) is 40.6 Å². The van der Waals surface area contributed by atoms with Gasteiger partial charge < -0.3 is 9.47 Å². The summed E-state index contributed by atoms with van der Waals surface area (Å²) in [5, 5.41) is 0. The van der Waals surface area contributed by atoms with Crippen molar-refractivity contribution in [1.82, 2.24) is 4.98 Å². The van der Waals surface area contributed by atoms with Crippen LogP contribution in [0.15, 0.2) is 23.8 Å². The maximum absolute atomic E-state index is 12.7. The van der Waals surface area contributed by atoms with Gasteiger partial charge in [-0.25, -0.2) is 0 Å². The molecule has 0 bridgehead atoms. The molecule has 0 aromatic carbocycles. The monoisotopic (exact) mass is 289 g/mol. The van der Waals surface area contributed by atoms with Crippen LogP contribution in [0.3, 0.4) is 0 Å². The van der Waals surface area contributed by atoms with Crippen LogP contribution in [0, 0.1) is 6.92 Å². The summed E-state index contributed by atoms with van der Waals surface area (Å²) >= 11 is 0. The lowest BCUT2D eigenvalue weighted by molar-refractivity contribution is 0.0590. The third kappa shape index (κ3) is 2.82. The van der Waals surface area contributed by atoms with Crippen LogP contribution in [0.1, 0.15) is 54.1 Å². The number of fused-ring (bicyclic) bond motifs is 1. The third-order valence-electron chi connectivity index (χ3n) is 2.93. The van der Waals surface area contributed by atoms with Crippen LogP contribution in [0.5, 0.6) is 0 Å². The van der Waals surface area contributed by atoms with Gasteiger partial charge in [-0.2, -0.15) is 0 Å². The summed E-state index contributed by atoms with van der Waals surface area (Å²) in [6.07, 6.45) is 1.04. The van der Waals surface area contributed by atoms with E-state index in [1.807, 2.05) is 0 Å². The van der Waals surface area contributed by atoms with E-state index in [0.717, 1.165) is 0 Å². The Morgan fingerprint density at radius 3 is 2.00 bits per heavy atom. The van der Waals surface area contributed by atoms with E-state index in [1.54, 1.807) is 40.7 Å². The van der Waals surface area contributed by atoms with Crippen LogP contribution in [0.25, 0.3) is 0 Å². The Morgan fingerprint density at radius 1 is 0.952 bits per heavy atom. The van der Waals surface area contributed by atoms with Crippen molar-refractivity contribution in [3.63, 3.8) is 0 Å². The minimum atomic E-state index is -0.405. The molecule has 0 atom stereocenters. The van der Waals surface area contributed by atoms with Gasteiger partial charge in [-0.15, -0.1) is 0 Å². The first kappa shape index (κ1) is 15.2. The number of hydrogen-bond acceptors (Lipinski definition) is 5. The highest BCUT2D eigenvalue weighted by Crippen LogP contribution is 2.29. The number of aromatic nitrogens is 1. The standard InChI is InChI=1S/C16H19NO4/c1-8(2)20-15-13(18)11-10(5)6-7-17-12(11)14(19)16(15)21-9(3)4/h6-9H,1-5H3. The lowest BCUT2D eigenvalue weighted by atomic mass is 9.93. The van der Waals surface area contributed by atoms with Crippen LogP contribution in [0.4, 0.5) is 0 Å². The topological polar surface area (TPSA) is 65.5 Å². The number of aryl methyl sites for hydroxylation is 1. The van der Waals surface area contributed by atoms with Crippen molar-refractivity contribution in [2.75, 3.05) is 0 Å². The van der Waals surface area contributed by atoms with E-state index in [2.05, 4.69) is 4.98 Å². The summed E-state index contributed by atoms with van der Waals surface area (Å²) < 4.78 is 11.1. The quantitative estimate of drug-likeness (QED) is 0.852. The average Bonchev–Trinajstić information content (AvgIpc) is 2.39. The molecule has 1 aromatic heterocycles. The predicted octanol–water partition coefficient (Wildman–Crippen LogP) is 2.83. The van der Waals surface area contributed by atoms with E-state index in [9.17, 15) is 9.59 Å². The number of rotatable bonds is 4. The number of hydrogen-bond donors (Lipinski definition) is 0. The first-order chi connectivity index (χ1) is 9.82. The van der Waals surface area contributed by atoms with Gasteiger partial charge >= 0.3 is 0 Å². The molecule has 21 heavy (non-hydrogen) atoms. The second-order valence-corrected chi connectivity index (χ2v) is 5.50. The molecular weight excluding hydrogens is 270 g/mol. The van der Waals surface area contributed by atoms with Crippen molar-refractivity contribution >= 4 is 11.6 Å². The first-order valence-corrected chi connectivity index (χ1v) is 6.95. The molecule has 0 aliphatic heterocycles. The molecule has 0 fully saturated rings. The van der Waals surface area contributed by atoms with Crippen LogP contribution in [-0.2, 0) is 9.47 Å². The van der Waals surface area contributed by atoms with E-state index in [1.165, 1.54) is 6.20 Å². The van der Waals surface area contributed by atoms with Crippen molar-refractivity contribution in [2.24, 2.45) is 0 Å². The number of nitrogens with zero attached hydrogens (tertiary/aromatic N) is 1. The third-order valence-corrected chi connectivity index (χ3v) is 2.93. The fourth-order valence-corrected chi connectivity index (χ4v) is 2.13.